The summed E-state index contributed by atoms with van der Waals surface area (Å²) in [6, 6.07) is 13.8. The third-order valence-corrected chi connectivity index (χ3v) is 6.48. The quantitative estimate of drug-likeness (QED) is 0.316. The number of rotatable bonds is 9. The average Bonchev–Trinajstić information content (AvgIpc) is 3.44. The van der Waals surface area contributed by atoms with Crippen LogP contribution >= 0.6 is 23.1 Å². The highest BCUT2D eigenvalue weighted by atomic mass is 32.2. The fourth-order valence-corrected chi connectivity index (χ4v) is 4.54. The number of carbonyl (C=O) groups excluding carboxylic acids is 1. The Morgan fingerprint density at radius 2 is 1.88 bits per heavy atom. The molecule has 1 amide bonds. The van der Waals surface area contributed by atoms with E-state index in [0.29, 0.717) is 16.9 Å². The van der Waals surface area contributed by atoms with Gasteiger partial charge in [-0.3, -0.25) is 4.79 Å². The SMILES string of the molecule is Cc1ccc(NC(=O)Cc2nc(CSc3nnc(COc4cc(C)ccc4C)o3)cs2)cc1. The minimum Gasteiger partial charge on any atom is -0.484 e. The van der Waals surface area contributed by atoms with Gasteiger partial charge in [-0.2, -0.15) is 0 Å². The Hall–Kier alpha value is -3.17. The smallest absolute Gasteiger partial charge is 0.277 e. The number of nitrogens with one attached hydrogen (secondary N) is 1. The van der Waals surface area contributed by atoms with Gasteiger partial charge in [-0.1, -0.05) is 41.6 Å². The molecule has 170 valence electrons. The van der Waals surface area contributed by atoms with Crippen molar-refractivity contribution in [2.75, 3.05) is 5.32 Å². The highest BCUT2D eigenvalue weighted by Crippen LogP contribution is 2.24. The summed E-state index contributed by atoms with van der Waals surface area (Å²) in [6.07, 6.45) is 0.240. The Kier molecular flexibility index (Phi) is 7.41. The molecule has 4 rings (SSSR count). The van der Waals surface area contributed by atoms with E-state index >= 15 is 0 Å². The predicted octanol–water partition coefficient (Wildman–Crippen LogP) is 5.50. The molecule has 4 aromatic rings. The van der Waals surface area contributed by atoms with E-state index in [-0.39, 0.29) is 18.9 Å². The van der Waals surface area contributed by atoms with Gasteiger partial charge in [0.2, 0.25) is 5.91 Å². The predicted molar refractivity (Wildman–Crippen MR) is 130 cm³/mol. The van der Waals surface area contributed by atoms with E-state index in [1.54, 1.807) is 0 Å². The zero-order valence-corrected chi connectivity index (χ0v) is 20.3. The molecule has 0 aliphatic heterocycles. The first-order valence-electron chi connectivity index (χ1n) is 10.4. The first-order chi connectivity index (χ1) is 15.9. The van der Waals surface area contributed by atoms with Crippen molar-refractivity contribution in [2.45, 2.75) is 44.8 Å². The number of hydrogen-bond acceptors (Lipinski definition) is 8. The van der Waals surface area contributed by atoms with E-state index in [0.717, 1.165) is 38.8 Å². The van der Waals surface area contributed by atoms with Gasteiger partial charge in [0.1, 0.15) is 10.8 Å². The first kappa shape index (κ1) is 23.0. The van der Waals surface area contributed by atoms with Gasteiger partial charge in [-0.25, -0.2) is 4.98 Å². The van der Waals surface area contributed by atoms with Crippen LogP contribution in [0.25, 0.3) is 0 Å². The minimum atomic E-state index is -0.0854. The monoisotopic (exact) mass is 480 g/mol. The second-order valence-corrected chi connectivity index (χ2v) is 9.50. The number of carbonyl (C=O) groups is 1. The van der Waals surface area contributed by atoms with Crippen LogP contribution in [0.15, 0.2) is 57.5 Å². The summed E-state index contributed by atoms with van der Waals surface area (Å²) >= 11 is 2.87. The summed E-state index contributed by atoms with van der Waals surface area (Å²) in [6.45, 7) is 6.25. The molecule has 0 atom stereocenters. The molecule has 7 nitrogen and oxygen atoms in total. The molecule has 0 radical (unpaired) electrons. The van der Waals surface area contributed by atoms with Crippen molar-refractivity contribution in [3.8, 4) is 5.75 Å². The second kappa shape index (κ2) is 10.6. The molecule has 1 N–H and O–H groups in total. The van der Waals surface area contributed by atoms with E-state index in [1.165, 1.54) is 23.1 Å². The molecule has 0 spiro atoms. The largest absolute Gasteiger partial charge is 0.484 e. The minimum absolute atomic E-state index is 0.0854. The van der Waals surface area contributed by atoms with E-state index in [1.807, 2.05) is 68.6 Å². The fourth-order valence-electron chi connectivity index (χ4n) is 2.97. The molecular weight excluding hydrogens is 456 g/mol. The van der Waals surface area contributed by atoms with Crippen LogP contribution in [-0.4, -0.2) is 21.1 Å². The normalized spacial score (nSPS) is 10.9. The summed E-state index contributed by atoms with van der Waals surface area (Å²) in [5.41, 5.74) is 4.99. The highest BCUT2D eigenvalue weighted by molar-refractivity contribution is 7.98. The van der Waals surface area contributed by atoms with Crippen molar-refractivity contribution in [3.63, 3.8) is 0 Å². The van der Waals surface area contributed by atoms with Crippen LogP contribution in [0.3, 0.4) is 0 Å². The van der Waals surface area contributed by atoms with Crippen LogP contribution in [0.5, 0.6) is 5.75 Å². The number of benzene rings is 2. The number of aryl methyl sites for hydroxylation is 3. The molecule has 0 aliphatic carbocycles. The highest BCUT2D eigenvalue weighted by Gasteiger charge is 2.12. The van der Waals surface area contributed by atoms with E-state index < -0.39 is 0 Å². The number of thioether (sulfide) groups is 1. The Morgan fingerprint density at radius 3 is 2.70 bits per heavy atom. The van der Waals surface area contributed by atoms with Gasteiger partial charge >= 0.3 is 0 Å². The van der Waals surface area contributed by atoms with Gasteiger partial charge in [0.05, 0.1) is 12.1 Å². The van der Waals surface area contributed by atoms with E-state index in [2.05, 4.69) is 20.5 Å². The zero-order valence-electron chi connectivity index (χ0n) is 18.6. The van der Waals surface area contributed by atoms with Crippen LogP contribution in [-0.2, 0) is 23.6 Å². The maximum atomic E-state index is 12.3. The zero-order chi connectivity index (χ0) is 23.2. The van der Waals surface area contributed by atoms with Crippen molar-refractivity contribution in [1.29, 1.82) is 0 Å². The second-order valence-electron chi connectivity index (χ2n) is 7.63. The van der Waals surface area contributed by atoms with Crippen molar-refractivity contribution in [2.24, 2.45) is 0 Å². The Morgan fingerprint density at radius 1 is 1.09 bits per heavy atom. The number of thiazole rings is 1. The number of nitrogens with zero attached hydrogens (tertiary/aromatic N) is 3. The lowest BCUT2D eigenvalue weighted by molar-refractivity contribution is -0.115. The molecule has 0 bridgehead atoms. The number of ether oxygens (including phenoxy) is 1. The summed E-state index contributed by atoms with van der Waals surface area (Å²) in [5, 5.41) is 14.2. The molecule has 2 aromatic heterocycles. The molecule has 0 unspecified atom stereocenters. The van der Waals surface area contributed by atoms with Crippen LogP contribution in [0.1, 0.15) is 33.3 Å². The molecule has 0 aliphatic rings. The third-order valence-electron chi connectivity index (χ3n) is 4.73. The molecular formula is C24H24N4O3S2. The van der Waals surface area contributed by atoms with Crippen molar-refractivity contribution in [3.05, 3.63) is 81.1 Å². The maximum absolute atomic E-state index is 12.3. The molecule has 2 heterocycles. The lowest BCUT2D eigenvalue weighted by atomic mass is 10.1. The molecule has 0 fully saturated rings. The number of anilines is 1. The van der Waals surface area contributed by atoms with Crippen molar-refractivity contribution < 1.29 is 13.9 Å². The van der Waals surface area contributed by atoms with E-state index in [4.69, 9.17) is 9.15 Å². The van der Waals surface area contributed by atoms with Crippen molar-refractivity contribution >= 4 is 34.7 Å². The number of hydrogen-bond donors (Lipinski definition) is 1. The lowest BCUT2D eigenvalue weighted by Gasteiger charge is -2.07. The summed E-state index contributed by atoms with van der Waals surface area (Å²) in [4.78, 5) is 16.8. The molecule has 9 heteroatoms. The van der Waals surface area contributed by atoms with Gasteiger partial charge in [-0.15, -0.1) is 21.5 Å². The number of amides is 1. The van der Waals surface area contributed by atoms with Gasteiger partial charge in [0.15, 0.2) is 6.61 Å². The maximum Gasteiger partial charge on any atom is 0.277 e. The lowest BCUT2D eigenvalue weighted by Crippen LogP contribution is -2.14. The standard InChI is InChI=1S/C24H24N4O3S2/c1-15-5-8-18(9-6-15)25-21(29)11-23-26-19(13-32-23)14-33-24-28-27-22(31-24)12-30-20-10-16(2)4-7-17(20)3/h4-10,13H,11-12,14H2,1-3H3,(H,25,29). The average molecular weight is 481 g/mol. The number of aromatic nitrogens is 3. The van der Waals surface area contributed by atoms with Crippen LogP contribution in [0.2, 0.25) is 0 Å². The Labute approximate surface area is 200 Å². The van der Waals surface area contributed by atoms with Crippen LogP contribution in [0, 0.1) is 20.8 Å². The first-order valence-corrected chi connectivity index (χ1v) is 12.3. The van der Waals surface area contributed by atoms with Gasteiger partial charge in [0.25, 0.3) is 11.1 Å². The molecule has 0 saturated carbocycles. The molecule has 0 saturated heterocycles. The summed E-state index contributed by atoms with van der Waals surface area (Å²) in [7, 11) is 0. The Balaban J connectivity index is 1.24. The van der Waals surface area contributed by atoms with Crippen LogP contribution in [0.4, 0.5) is 5.69 Å². The van der Waals surface area contributed by atoms with Gasteiger partial charge < -0.3 is 14.5 Å². The van der Waals surface area contributed by atoms with Gasteiger partial charge in [-0.05, 0) is 50.1 Å². The molecule has 2 aromatic carbocycles. The van der Waals surface area contributed by atoms with Crippen LogP contribution < -0.4 is 10.1 Å². The Bertz CT molecular complexity index is 1230. The summed E-state index contributed by atoms with van der Waals surface area (Å²) < 4.78 is 11.5. The third kappa shape index (κ3) is 6.66. The summed E-state index contributed by atoms with van der Waals surface area (Å²) in [5.74, 6) is 1.72. The topological polar surface area (TPSA) is 90.1 Å². The molecule has 33 heavy (non-hydrogen) atoms. The van der Waals surface area contributed by atoms with E-state index in [9.17, 15) is 4.79 Å². The fraction of sp³-hybridized carbons (Fsp3) is 0.250. The van der Waals surface area contributed by atoms with Gasteiger partial charge in [0, 0.05) is 16.8 Å². The van der Waals surface area contributed by atoms with Crippen molar-refractivity contribution in [1.82, 2.24) is 15.2 Å².